The Kier molecular flexibility index (Phi) is 4.20. The topological polar surface area (TPSA) is 87.0 Å². The smallest absolute Gasteiger partial charge is 0.343 e. The summed E-state index contributed by atoms with van der Waals surface area (Å²) in [5.74, 6) is -2.28. The van der Waals surface area contributed by atoms with Gasteiger partial charge in [-0.05, 0) is 24.5 Å². The average molecular weight is 240 g/mol. The van der Waals surface area contributed by atoms with Gasteiger partial charge in [-0.3, -0.25) is 0 Å². The standard InChI is InChI=1S/C12H16O5/c1-3-5-17-11-7(4-2)6-8(13)10(14)9(11)12(15)16/h6,13-14H,3-5H2,1-2H3,(H,15,16). The fourth-order valence-corrected chi connectivity index (χ4v) is 1.53. The van der Waals surface area contributed by atoms with Crippen LogP contribution in [0.4, 0.5) is 0 Å². The van der Waals surface area contributed by atoms with Gasteiger partial charge in [0.15, 0.2) is 11.5 Å². The van der Waals surface area contributed by atoms with Crippen molar-refractivity contribution in [1.29, 1.82) is 0 Å². The fraction of sp³-hybridized carbons (Fsp3) is 0.417. The molecule has 0 saturated carbocycles. The van der Waals surface area contributed by atoms with Gasteiger partial charge in [-0.2, -0.15) is 0 Å². The van der Waals surface area contributed by atoms with Crippen molar-refractivity contribution in [1.82, 2.24) is 0 Å². The van der Waals surface area contributed by atoms with Crippen LogP contribution in [0.15, 0.2) is 6.07 Å². The second-order valence-electron chi connectivity index (χ2n) is 3.61. The molecule has 0 aliphatic heterocycles. The van der Waals surface area contributed by atoms with Gasteiger partial charge >= 0.3 is 5.97 Å². The molecule has 17 heavy (non-hydrogen) atoms. The summed E-state index contributed by atoms with van der Waals surface area (Å²) in [5.41, 5.74) is 0.182. The number of rotatable bonds is 5. The van der Waals surface area contributed by atoms with Gasteiger partial charge in [0.05, 0.1) is 6.61 Å². The Morgan fingerprint density at radius 1 is 1.35 bits per heavy atom. The summed E-state index contributed by atoms with van der Waals surface area (Å²) in [4.78, 5) is 11.1. The van der Waals surface area contributed by atoms with Crippen molar-refractivity contribution >= 4 is 5.97 Å². The average Bonchev–Trinajstić information content (AvgIpc) is 2.29. The van der Waals surface area contributed by atoms with Crippen molar-refractivity contribution in [2.45, 2.75) is 26.7 Å². The molecule has 94 valence electrons. The zero-order valence-corrected chi connectivity index (χ0v) is 9.86. The van der Waals surface area contributed by atoms with E-state index in [2.05, 4.69) is 0 Å². The van der Waals surface area contributed by atoms with E-state index in [1.54, 1.807) is 0 Å². The Bertz CT molecular complexity index is 425. The van der Waals surface area contributed by atoms with Gasteiger partial charge in [-0.25, -0.2) is 4.79 Å². The number of carboxylic acid groups (broad SMARTS) is 1. The van der Waals surface area contributed by atoms with Crippen LogP contribution in [0.25, 0.3) is 0 Å². The van der Waals surface area contributed by atoms with Crippen LogP contribution in [0.1, 0.15) is 36.2 Å². The van der Waals surface area contributed by atoms with E-state index < -0.39 is 17.5 Å². The number of ether oxygens (including phenoxy) is 1. The Morgan fingerprint density at radius 2 is 2.00 bits per heavy atom. The first kappa shape index (κ1) is 13.2. The molecule has 5 heteroatoms. The lowest BCUT2D eigenvalue weighted by atomic mass is 10.0. The molecule has 0 atom stereocenters. The van der Waals surface area contributed by atoms with Crippen LogP contribution in [-0.2, 0) is 6.42 Å². The van der Waals surface area contributed by atoms with E-state index in [0.29, 0.717) is 18.6 Å². The Hall–Kier alpha value is -1.91. The van der Waals surface area contributed by atoms with Crippen LogP contribution in [0, 0.1) is 0 Å². The molecule has 0 aromatic heterocycles. The summed E-state index contributed by atoms with van der Waals surface area (Å²) in [6, 6.07) is 1.33. The predicted octanol–water partition coefficient (Wildman–Crippen LogP) is 2.15. The van der Waals surface area contributed by atoms with Crippen LogP contribution in [0.3, 0.4) is 0 Å². The van der Waals surface area contributed by atoms with E-state index in [-0.39, 0.29) is 11.3 Å². The molecule has 0 spiro atoms. The van der Waals surface area contributed by atoms with Crippen molar-refractivity contribution < 1.29 is 24.9 Å². The number of benzene rings is 1. The van der Waals surface area contributed by atoms with Crippen molar-refractivity contribution in [3.05, 3.63) is 17.2 Å². The molecule has 0 heterocycles. The monoisotopic (exact) mass is 240 g/mol. The molecule has 5 nitrogen and oxygen atoms in total. The van der Waals surface area contributed by atoms with Gasteiger partial charge in [0.2, 0.25) is 0 Å². The van der Waals surface area contributed by atoms with Gasteiger partial charge in [0, 0.05) is 0 Å². The van der Waals surface area contributed by atoms with E-state index >= 15 is 0 Å². The van der Waals surface area contributed by atoms with E-state index in [9.17, 15) is 15.0 Å². The SMILES string of the molecule is CCCOc1c(CC)cc(O)c(O)c1C(=O)O. The lowest BCUT2D eigenvalue weighted by Crippen LogP contribution is -2.07. The van der Waals surface area contributed by atoms with E-state index in [1.165, 1.54) is 6.07 Å². The molecule has 0 aliphatic carbocycles. The molecule has 0 aliphatic rings. The minimum absolute atomic E-state index is 0.136. The van der Waals surface area contributed by atoms with Gasteiger partial charge in [-0.15, -0.1) is 0 Å². The third-order valence-corrected chi connectivity index (χ3v) is 2.35. The highest BCUT2D eigenvalue weighted by Gasteiger charge is 2.23. The minimum Gasteiger partial charge on any atom is -0.504 e. The van der Waals surface area contributed by atoms with Crippen LogP contribution in [0.2, 0.25) is 0 Å². The fourth-order valence-electron chi connectivity index (χ4n) is 1.53. The maximum atomic E-state index is 11.1. The summed E-state index contributed by atoms with van der Waals surface area (Å²) < 4.78 is 5.35. The maximum absolute atomic E-state index is 11.1. The first-order valence-corrected chi connectivity index (χ1v) is 5.46. The highest BCUT2D eigenvalue weighted by atomic mass is 16.5. The molecule has 1 rings (SSSR count). The predicted molar refractivity (Wildman–Crippen MR) is 61.9 cm³/mol. The number of phenolic OH excluding ortho intramolecular Hbond substituents is 1. The van der Waals surface area contributed by atoms with Crippen molar-refractivity contribution in [2.24, 2.45) is 0 Å². The minimum atomic E-state index is -1.32. The maximum Gasteiger partial charge on any atom is 0.343 e. The molecule has 1 aromatic carbocycles. The molecule has 0 radical (unpaired) electrons. The van der Waals surface area contributed by atoms with E-state index in [4.69, 9.17) is 9.84 Å². The Balaban J connectivity index is 3.39. The zero-order chi connectivity index (χ0) is 13.0. The lowest BCUT2D eigenvalue weighted by molar-refractivity contribution is 0.0687. The number of hydrogen-bond donors (Lipinski definition) is 3. The molecule has 0 saturated heterocycles. The second-order valence-corrected chi connectivity index (χ2v) is 3.61. The normalized spacial score (nSPS) is 10.2. The van der Waals surface area contributed by atoms with Gasteiger partial charge in [0.25, 0.3) is 0 Å². The summed E-state index contributed by atoms with van der Waals surface area (Å²) in [6.07, 6.45) is 1.23. The summed E-state index contributed by atoms with van der Waals surface area (Å²) >= 11 is 0. The molecular formula is C12H16O5. The number of hydrogen-bond acceptors (Lipinski definition) is 4. The molecule has 0 fully saturated rings. The molecular weight excluding hydrogens is 224 g/mol. The molecule has 3 N–H and O–H groups in total. The van der Waals surface area contributed by atoms with E-state index in [0.717, 1.165) is 6.42 Å². The quantitative estimate of drug-likeness (QED) is 0.686. The zero-order valence-electron chi connectivity index (χ0n) is 9.86. The van der Waals surface area contributed by atoms with Crippen LogP contribution >= 0.6 is 0 Å². The van der Waals surface area contributed by atoms with Gasteiger partial charge < -0.3 is 20.1 Å². The molecule has 0 amide bonds. The number of aromatic carboxylic acids is 1. The van der Waals surface area contributed by atoms with Gasteiger partial charge in [-0.1, -0.05) is 13.8 Å². The number of carboxylic acids is 1. The highest BCUT2D eigenvalue weighted by Crippen LogP contribution is 2.39. The van der Waals surface area contributed by atoms with Crippen molar-refractivity contribution in [3.63, 3.8) is 0 Å². The van der Waals surface area contributed by atoms with Crippen molar-refractivity contribution in [3.8, 4) is 17.2 Å². The Morgan fingerprint density at radius 3 is 2.47 bits per heavy atom. The van der Waals surface area contributed by atoms with Crippen LogP contribution in [0.5, 0.6) is 17.2 Å². The third kappa shape index (κ3) is 2.61. The molecule has 0 bridgehead atoms. The van der Waals surface area contributed by atoms with Crippen molar-refractivity contribution in [2.75, 3.05) is 6.61 Å². The number of aromatic hydroxyl groups is 2. The number of phenols is 2. The summed E-state index contributed by atoms with van der Waals surface area (Å²) in [6.45, 7) is 4.07. The van der Waals surface area contributed by atoms with E-state index in [1.807, 2.05) is 13.8 Å². The van der Waals surface area contributed by atoms with Crippen LogP contribution < -0.4 is 4.74 Å². The number of carbonyl (C=O) groups is 1. The summed E-state index contributed by atoms with van der Waals surface area (Å²) in [5, 5.41) is 28.0. The summed E-state index contributed by atoms with van der Waals surface area (Å²) in [7, 11) is 0. The van der Waals surface area contributed by atoms with Gasteiger partial charge in [0.1, 0.15) is 11.3 Å². The Labute approximate surface area is 99.3 Å². The lowest BCUT2D eigenvalue weighted by Gasteiger charge is -2.14. The first-order chi connectivity index (χ1) is 8.02. The van der Waals surface area contributed by atoms with Crippen LogP contribution in [-0.4, -0.2) is 27.9 Å². The third-order valence-electron chi connectivity index (χ3n) is 2.35. The highest BCUT2D eigenvalue weighted by molar-refractivity contribution is 5.95. The second kappa shape index (κ2) is 5.43. The largest absolute Gasteiger partial charge is 0.504 e. The number of aryl methyl sites for hydroxylation is 1. The first-order valence-electron chi connectivity index (χ1n) is 5.46. The molecule has 1 aromatic rings. The molecule has 0 unspecified atom stereocenters.